The van der Waals surface area contributed by atoms with Crippen molar-refractivity contribution in [3.63, 3.8) is 0 Å². The summed E-state index contributed by atoms with van der Waals surface area (Å²) >= 11 is 0. The summed E-state index contributed by atoms with van der Waals surface area (Å²) in [6, 6.07) is 4.16. The fourth-order valence-electron chi connectivity index (χ4n) is 1.75. The molecule has 2 aromatic rings. The van der Waals surface area contributed by atoms with Crippen LogP contribution < -0.4 is 5.73 Å². The zero-order valence-electron chi connectivity index (χ0n) is 10.4. The van der Waals surface area contributed by atoms with Crippen molar-refractivity contribution < 1.29 is 13.2 Å². The van der Waals surface area contributed by atoms with Gasteiger partial charge in [-0.2, -0.15) is 13.2 Å². The van der Waals surface area contributed by atoms with Crippen molar-refractivity contribution in [2.24, 2.45) is 0 Å². The van der Waals surface area contributed by atoms with Crippen LogP contribution in [0.15, 0.2) is 24.4 Å². The van der Waals surface area contributed by atoms with Gasteiger partial charge in [0, 0.05) is 23.1 Å². The molecule has 0 saturated heterocycles. The van der Waals surface area contributed by atoms with Crippen molar-refractivity contribution in [1.82, 2.24) is 9.97 Å². The molecule has 0 atom stereocenters. The summed E-state index contributed by atoms with van der Waals surface area (Å²) in [5.41, 5.74) is 5.92. The largest absolute Gasteiger partial charge is 0.416 e. The lowest BCUT2D eigenvalue weighted by molar-refractivity contribution is -0.137. The molecule has 1 aromatic carbocycles. The lowest BCUT2D eigenvalue weighted by Gasteiger charge is -2.14. The second kappa shape index (κ2) is 4.53. The van der Waals surface area contributed by atoms with Gasteiger partial charge in [-0.05, 0) is 37.6 Å². The van der Waals surface area contributed by atoms with E-state index < -0.39 is 11.7 Å². The van der Waals surface area contributed by atoms with E-state index in [1.165, 1.54) is 19.2 Å². The predicted octanol–water partition coefficient (Wildman–Crippen LogP) is 3.36. The van der Waals surface area contributed by atoms with E-state index in [-0.39, 0.29) is 22.6 Å². The minimum absolute atomic E-state index is 0.0175. The summed E-state index contributed by atoms with van der Waals surface area (Å²) in [7, 11) is 0. The predicted molar refractivity (Wildman–Crippen MR) is 66.4 cm³/mol. The van der Waals surface area contributed by atoms with E-state index in [1.807, 2.05) is 0 Å². The average Bonchev–Trinajstić information content (AvgIpc) is 2.31. The van der Waals surface area contributed by atoms with Crippen molar-refractivity contribution in [3.8, 4) is 11.4 Å². The minimum Gasteiger partial charge on any atom is -0.398 e. The number of halogens is 3. The molecule has 1 aromatic heterocycles. The molecule has 100 valence electrons. The van der Waals surface area contributed by atoms with Crippen molar-refractivity contribution in [1.29, 1.82) is 0 Å². The summed E-state index contributed by atoms with van der Waals surface area (Å²) in [6.45, 7) is 3.09. The summed E-state index contributed by atoms with van der Waals surface area (Å²) in [4.78, 5) is 8.07. The maximum Gasteiger partial charge on any atom is 0.416 e. The van der Waals surface area contributed by atoms with Gasteiger partial charge in [0.1, 0.15) is 0 Å². The van der Waals surface area contributed by atoms with Crippen LogP contribution in [0.5, 0.6) is 0 Å². The Morgan fingerprint density at radius 3 is 2.42 bits per heavy atom. The number of rotatable bonds is 1. The molecule has 0 bridgehead atoms. The highest BCUT2D eigenvalue weighted by molar-refractivity contribution is 5.66. The number of nitrogen functional groups attached to an aromatic ring is 1. The topological polar surface area (TPSA) is 51.8 Å². The standard InChI is InChI=1S/C13H12F3N3/c1-7-3-4-18-12(19-7)9-5-10(13(14,15)16)8(2)11(17)6-9/h3-6H,17H2,1-2H3. The van der Waals surface area contributed by atoms with Gasteiger partial charge >= 0.3 is 6.18 Å². The van der Waals surface area contributed by atoms with Gasteiger partial charge in [-0.3, -0.25) is 0 Å². The van der Waals surface area contributed by atoms with Crippen LogP contribution in [0.3, 0.4) is 0 Å². The van der Waals surface area contributed by atoms with E-state index >= 15 is 0 Å². The molecule has 3 nitrogen and oxygen atoms in total. The second-order valence-electron chi connectivity index (χ2n) is 4.26. The summed E-state index contributed by atoms with van der Waals surface area (Å²) in [5.74, 6) is 0.234. The van der Waals surface area contributed by atoms with Gasteiger partial charge in [0.25, 0.3) is 0 Å². The highest BCUT2D eigenvalue weighted by atomic mass is 19.4. The van der Waals surface area contributed by atoms with E-state index in [4.69, 9.17) is 5.73 Å². The van der Waals surface area contributed by atoms with Gasteiger partial charge in [0.15, 0.2) is 5.82 Å². The molecule has 0 aliphatic heterocycles. The molecule has 2 N–H and O–H groups in total. The third-order valence-electron chi connectivity index (χ3n) is 2.81. The van der Waals surface area contributed by atoms with Gasteiger partial charge in [-0.15, -0.1) is 0 Å². The molecule has 0 radical (unpaired) electrons. The zero-order valence-corrected chi connectivity index (χ0v) is 10.4. The Morgan fingerprint density at radius 1 is 1.16 bits per heavy atom. The van der Waals surface area contributed by atoms with Crippen molar-refractivity contribution in [3.05, 3.63) is 41.2 Å². The number of aryl methyl sites for hydroxylation is 1. The number of hydrogen-bond acceptors (Lipinski definition) is 3. The molecule has 1 heterocycles. The molecule has 0 amide bonds. The molecule has 0 saturated carbocycles. The third kappa shape index (κ3) is 2.67. The van der Waals surface area contributed by atoms with E-state index in [9.17, 15) is 13.2 Å². The van der Waals surface area contributed by atoms with Gasteiger partial charge < -0.3 is 5.73 Å². The molecule has 19 heavy (non-hydrogen) atoms. The highest BCUT2D eigenvalue weighted by Crippen LogP contribution is 2.36. The fraction of sp³-hybridized carbons (Fsp3) is 0.231. The molecule has 0 unspecified atom stereocenters. The number of nitrogens with two attached hydrogens (primary N) is 1. The van der Waals surface area contributed by atoms with Crippen molar-refractivity contribution in [2.75, 3.05) is 5.73 Å². The summed E-state index contributed by atoms with van der Waals surface area (Å²) < 4.78 is 38.7. The van der Waals surface area contributed by atoms with Gasteiger partial charge in [-0.1, -0.05) is 0 Å². The first-order valence-corrected chi connectivity index (χ1v) is 5.56. The van der Waals surface area contributed by atoms with Gasteiger partial charge in [0.2, 0.25) is 0 Å². The van der Waals surface area contributed by atoms with Crippen molar-refractivity contribution in [2.45, 2.75) is 20.0 Å². The smallest absolute Gasteiger partial charge is 0.398 e. The van der Waals surface area contributed by atoms with Gasteiger partial charge in [-0.25, -0.2) is 9.97 Å². The number of nitrogens with zero attached hydrogens (tertiary/aromatic N) is 2. The molecular weight excluding hydrogens is 255 g/mol. The van der Waals surface area contributed by atoms with Crippen LogP contribution in [0.2, 0.25) is 0 Å². The Kier molecular flexibility index (Phi) is 3.18. The lowest BCUT2D eigenvalue weighted by Crippen LogP contribution is -2.10. The summed E-state index contributed by atoms with van der Waals surface area (Å²) in [6.07, 6.45) is -2.95. The molecule has 6 heteroatoms. The minimum atomic E-state index is -4.45. The highest BCUT2D eigenvalue weighted by Gasteiger charge is 2.33. The molecular formula is C13H12F3N3. The van der Waals surface area contributed by atoms with E-state index in [2.05, 4.69) is 9.97 Å². The van der Waals surface area contributed by atoms with Crippen molar-refractivity contribution >= 4 is 5.69 Å². The SMILES string of the molecule is Cc1ccnc(-c2cc(N)c(C)c(C(F)(F)F)c2)n1. The van der Waals surface area contributed by atoms with Crippen LogP contribution in [-0.2, 0) is 6.18 Å². The molecule has 0 aliphatic carbocycles. The maximum absolute atomic E-state index is 12.9. The number of alkyl halides is 3. The Bertz CT molecular complexity index is 621. The Balaban J connectivity index is 2.63. The molecule has 0 spiro atoms. The van der Waals surface area contributed by atoms with Crippen LogP contribution in [0.1, 0.15) is 16.8 Å². The monoisotopic (exact) mass is 267 g/mol. The Labute approximate surface area is 108 Å². The van der Waals surface area contributed by atoms with Crippen LogP contribution in [0.4, 0.5) is 18.9 Å². The normalized spacial score (nSPS) is 11.6. The van der Waals surface area contributed by atoms with Crippen LogP contribution >= 0.6 is 0 Å². The first-order chi connectivity index (χ1) is 8.79. The zero-order chi connectivity index (χ0) is 14.2. The number of hydrogen-bond donors (Lipinski definition) is 1. The van der Waals surface area contributed by atoms with E-state index in [1.54, 1.807) is 13.0 Å². The third-order valence-corrected chi connectivity index (χ3v) is 2.81. The number of benzene rings is 1. The average molecular weight is 267 g/mol. The van der Waals surface area contributed by atoms with Crippen LogP contribution in [0.25, 0.3) is 11.4 Å². The first-order valence-electron chi connectivity index (χ1n) is 5.56. The van der Waals surface area contributed by atoms with Crippen LogP contribution in [-0.4, -0.2) is 9.97 Å². The quantitative estimate of drug-likeness (QED) is 0.806. The number of aromatic nitrogens is 2. The first kappa shape index (κ1) is 13.3. The lowest BCUT2D eigenvalue weighted by atomic mass is 10.0. The van der Waals surface area contributed by atoms with Crippen LogP contribution in [0, 0.1) is 13.8 Å². The fourth-order valence-corrected chi connectivity index (χ4v) is 1.75. The Hall–Kier alpha value is -2.11. The Morgan fingerprint density at radius 2 is 1.84 bits per heavy atom. The molecule has 0 aliphatic rings. The second-order valence-corrected chi connectivity index (χ2v) is 4.26. The van der Waals surface area contributed by atoms with E-state index in [0.29, 0.717) is 5.69 Å². The van der Waals surface area contributed by atoms with E-state index in [0.717, 1.165) is 6.07 Å². The molecule has 0 fully saturated rings. The number of anilines is 1. The molecule has 2 rings (SSSR count). The van der Waals surface area contributed by atoms with Gasteiger partial charge in [0.05, 0.1) is 5.56 Å². The maximum atomic E-state index is 12.9. The summed E-state index contributed by atoms with van der Waals surface area (Å²) in [5, 5.41) is 0.